The van der Waals surface area contributed by atoms with E-state index in [0.29, 0.717) is 23.1 Å². The van der Waals surface area contributed by atoms with E-state index in [1.165, 1.54) is 6.42 Å². The van der Waals surface area contributed by atoms with E-state index in [4.69, 9.17) is 9.47 Å². The van der Waals surface area contributed by atoms with Gasteiger partial charge in [0.1, 0.15) is 5.75 Å². The van der Waals surface area contributed by atoms with Crippen LogP contribution in [0.5, 0.6) is 5.75 Å². The molecule has 1 amide bonds. The first-order chi connectivity index (χ1) is 11.8. The largest absolute Gasteiger partial charge is 0.496 e. The minimum Gasteiger partial charge on any atom is -0.496 e. The summed E-state index contributed by atoms with van der Waals surface area (Å²) in [5.41, 5.74) is 1.31. The van der Waals surface area contributed by atoms with Crippen LogP contribution in [0.4, 0.5) is 0 Å². The number of ether oxygens (including phenoxy) is 2. The Kier molecular flexibility index (Phi) is 6.45. The van der Waals surface area contributed by atoms with E-state index in [1.807, 2.05) is 6.92 Å². The lowest BCUT2D eigenvalue weighted by atomic mass is 9.78. The monoisotopic (exact) mass is 347 g/mol. The van der Waals surface area contributed by atoms with E-state index in [1.54, 1.807) is 32.2 Å². The third kappa shape index (κ3) is 4.74. The second kappa shape index (κ2) is 8.37. The predicted octanol–water partition coefficient (Wildman–Crippen LogP) is 3.49. The molecule has 0 radical (unpaired) electrons. The number of aryl methyl sites for hydroxylation is 1. The van der Waals surface area contributed by atoms with Gasteiger partial charge in [0.2, 0.25) is 0 Å². The van der Waals surface area contributed by atoms with Crippen molar-refractivity contribution in [3.8, 4) is 5.75 Å². The number of esters is 1. The van der Waals surface area contributed by atoms with Gasteiger partial charge in [-0.1, -0.05) is 32.8 Å². The Labute approximate surface area is 150 Å². The van der Waals surface area contributed by atoms with Crippen molar-refractivity contribution in [3.05, 3.63) is 29.3 Å². The first kappa shape index (κ1) is 19.3. The SMILES string of the molecule is COc1cc(C(=O)O[C@H](C)C(=O)N[C@@H]2CCC[C@@H](C)[C@@H]2C)ccc1C. The molecule has 1 saturated carbocycles. The topological polar surface area (TPSA) is 64.6 Å². The molecule has 0 aromatic heterocycles. The van der Waals surface area contributed by atoms with Crippen molar-refractivity contribution >= 4 is 11.9 Å². The summed E-state index contributed by atoms with van der Waals surface area (Å²) in [6, 6.07) is 5.26. The van der Waals surface area contributed by atoms with Crippen LogP contribution in [-0.4, -0.2) is 31.1 Å². The minimum absolute atomic E-state index is 0.150. The van der Waals surface area contributed by atoms with Crippen LogP contribution in [-0.2, 0) is 9.53 Å². The number of hydrogen-bond donors (Lipinski definition) is 1. The number of carbonyl (C=O) groups excluding carboxylic acids is 2. The molecule has 1 fully saturated rings. The molecule has 4 atom stereocenters. The number of amides is 1. The van der Waals surface area contributed by atoms with Gasteiger partial charge >= 0.3 is 5.97 Å². The molecule has 1 aromatic carbocycles. The Balaban J connectivity index is 1.95. The Morgan fingerprint density at radius 1 is 1.24 bits per heavy atom. The fourth-order valence-electron chi connectivity index (χ4n) is 3.31. The smallest absolute Gasteiger partial charge is 0.339 e. The fraction of sp³-hybridized carbons (Fsp3) is 0.600. The minimum atomic E-state index is -0.829. The van der Waals surface area contributed by atoms with E-state index in [2.05, 4.69) is 19.2 Å². The molecule has 2 rings (SSSR count). The van der Waals surface area contributed by atoms with Crippen LogP contribution in [0, 0.1) is 18.8 Å². The number of hydrogen-bond acceptors (Lipinski definition) is 4. The normalized spacial score (nSPS) is 24.3. The van der Waals surface area contributed by atoms with E-state index < -0.39 is 12.1 Å². The number of methoxy groups -OCH3 is 1. The van der Waals surface area contributed by atoms with Crippen molar-refractivity contribution in [2.24, 2.45) is 11.8 Å². The van der Waals surface area contributed by atoms with Crippen molar-refractivity contribution in [3.63, 3.8) is 0 Å². The molecule has 1 aromatic rings. The highest BCUT2D eigenvalue weighted by atomic mass is 16.5. The van der Waals surface area contributed by atoms with Crippen molar-refractivity contribution in [1.29, 1.82) is 0 Å². The highest BCUT2D eigenvalue weighted by Gasteiger charge is 2.30. The zero-order valence-electron chi connectivity index (χ0n) is 15.8. The summed E-state index contributed by atoms with van der Waals surface area (Å²) in [5, 5.41) is 3.05. The van der Waals surface area contributed by atoms with Gasteiger partial charge in [-0.3, -0.25) is 4.79 Å². The van der Waals surface area contributed by atoms with E-state index >= 15 is 0 Å². The van der Waals surface area contributed by atoms with Crippen molar-refractivity contribution in [1.82, 2.24) is 5.32 Å². The van der Waals surface area contributed by atoms with E-state index in [9.17, 15) is 9.59 Å². The lowest BCUT2D eigenvalue weighted by Gasteiger charge is -2.35. The summed E-state index contributed by atoms with van der Waals surface area (Å²) in [6.07, 6.45) is 2.47. The van der Waals surface area contributed by atoms with Crippen molar-refractivity contribution < 1.29 is 19.1 Å². The summed E-state index contributed by atoms with van der Waals surface area (Å²) in [4.78, 5) is 24.7. The number of rotatable bonds is 5. The van der Waals surface area contributed by atoms with Crippen molar-refractivity contribution in [2.75, 3.05) is 7.11 Å². The third-order valence-corrected chi connectivity index (χ3v) is 5.33. The van der Waals surface area contributed by atoms with Gasteiger partial charge in [-0.2, -0.15) is 0 Å². The zero-order valence-corrected chi connectivity index (χ0v) is 15.8. The molecule has 0 saturated heterocycles. The van der Waals surface area contributed by atoms with Gasteiger partial charge in [0.15, 0.2) is 6.10 Å². The molecular weight excluding hydrogens is 318 g/mol. The summed E-state index contributed by atoms with van der Waals surface area (Å²) in [7, 11) is 1.56. The van der Waals surface area contributed by atoms with Crippen LogP contribution in [0.3, 0.4) is 0 Å². The number of benzene rings is 1. The average Bonchev–Trinajstić information content (AvgIpc) is 2.59. The molecule has 0 heterocycles. The Hall–Kier alpha value is -2.04. The molecule has 0 unspecified atom stereocenters. The Morgan fingerprint density at radius 2 is 1.96 bits per heavy atom. The maximum atomic E-state index is 12.4. The molecule has 5 nitrogen and oxygen atoms in total. The van der Waals surface area contributed by atoms with Crippen LogP contribution < -0.4 is 10.1 Å². The summed E-state index contributed by atoms with van der Waals surface area (Å²) in [6.45, 7) is 7.90. The molecule has 0 aliphatic heterocycles. The summed E-state index contributed by atoms with van der Waals surface area (Å²) < 4.78 is 10.6. The third-order valence-electron chi connectivity index (χ3n) is 5.33. The van der Waals surface area contributed by atoms with Crippen LogP contribution in [0.2, 0.25) is 0 Å². The second-order valence-corrected chi connectivity index (χ2v) is 7.11. The lowest BCUT2D eigenvalue weighted by Crippen LogP contribution is -2.47. The van der Waals surface area contributed by atoms with Crippen molar-refractivity contribution in [2.45, 2.75) is 59.1 Å². The zero-order chi connectivity index (χ0) is 18.6. The predicted molar refractivity (Wildman–Crippen MR) is 96.7 cm³/mol. The quantitative estimate of drug-likeness (QED) is 0.828. The van der Waals surface area contributed by atoms with Crippen LogP contribution >= 0.6 is 0 Å². The molecule has 25 heavy (non-hydrogen) atoms. The molecule has 0 spiro atoms. The van der Waals surface area contributed by atoms with Gasteiger partial charge in [-0.25, -0.2) is 4.79 Å². The second-order valence-electron chi connectivity index (χ2n) is 7.11. The van der Waals surface area contributed by atoms with Gasteiger partial charge in [0, 0.05) is 6.04 Å². The first-order valence-electron chi connectivity index (χ1n) is 8.99. The van der Waals surface area contributed by atoms with Gasteiger partial charge in [0.25, 0.3) is 5.91 Å². The van der Waals surface area contributed by atoms with Gasteiger partial charge in [-0.05, 0) is 49.8 Å². The highest BCUT2D eigenvalue weighted by Crippen LogP contribution is 2.29. The maximum absolute atomic E-state index is 12.4. The standard InChI is InChI=1S/C20H29NO4/c1-12-7-6-8-17(14(12)3)21-19(22)15(4)25-20(23)16-10-9-13(2)18(11-16)24-5/h9-12,14-15,17H,6-8H2,1-5H3,(H,21,22)/t12-,14+,15-,17-/m1/s1. The highest BCUT2D eigenvalue weighted by molar-refractivity contribution is 5.92. The average molecular weight is 347 g/mol. The van der Waals surface area contributed by atoms with Gasteiger partial charge < -0.3 is 14.8 Å². The number of nitrogens with one attached hydrogen (secondary N) is 1. The maximum Gasteiger partial charge on any atom is 0.339 e. The first-order valence-corrected chi connectivity index (χ1v) is 8.99. The molecule has 1 aliphatic carbocycles. The van der Waals surface area contributed by atoms with Crippen LogP contribution in [0.15, 0.2) is 18.2 Å². The van der Waals surface area contributed by atoms with Gasteiger partial charge in [0.05, 0.1) is 12.7 Å². The van der Waals surface area contributed by atoms with Crippen LogP contribution in [0.1, 0.15) is 56.0 Å². The number of carbonyl (C=O) groups is 2. The van der Waals surface area contributed by atoms with Gasteiger partial charge in [-0.15, -0.1) is 0 Å². The Bertz CT molecular complexity index is 628. The Morgan fingerprint density at radius 3 is 2.64 bits per heavy atom. The molecular formula is C20H29NO4. The molecule has 5 heteroatoms. The molecule has 1 N–H and O–H groups in total. The van der Waals surface area contributed by atoms with E-state index in [-0.39, 0.29) is 11.9 Å². The molecule has 0 bridgehead atoms. The molecule has 1 aliphatic rings. The fourth-order valence-corrected chi connectivity index (χ4v) is 3.31. The van der Waals surface area contributed by atoms with E-state index in [0.717, 1.165) is 18.4 Å². The van der Waals surface area contributed by atoms with Crippen LogP contribution in [0.25, 0.3) is 0 Å². The summed E-state index contributed by atoms with van der Waals surface area (Å²) in [5.74, 6) is 0.889. The lowest BCUT2D eigenvalue weighted by molar-refractivity contribution is -0.130. The molecule has 138 valence electrons. The summed E-state index contributed by atoms with van der Waals surface area (Å²) >= 11 is 0.